The zero-order valence-electron chi connectivity index (χ0n) is 10.5. The number of rotatable bonds is 0. The van der Waals surface area contributed by atoms with Gasteiger partial charge >= 0.3 is 33.6 Å². The van der Waals surface area contributed by atoms with E-state index in [1.54, 1.807) is 0 Å². The van der Waals surface area contributed by atoms with Gasteiger partial charge in [-0.2, -0.15) is 8.42 Å². The third kappa shape index (κ3) is 15500. The van der Waals surface area contributed by atoms with Crippen LogP contribution in [0.3, 0.4) is 0 Å². The second-order valence-corrected chi connectivity index (χ2v) is 7.17. The Morgan fingerprint density at radius 1 is 0.696 bits per heavy atom. The molecular weight excluding hydrogens is 569 g/mol. The van der Waals surface area contributed by atoms with Crippen molar-refractivity contribution in [1.29, 1.82) is 0 Å². The SMILES string of the molecule is NC(=S)[S-].NC(=S)[S-].NC(=S)[S-].NC(=S)[S-].O=S(=O)(O)O.[O]=[Mo+4]. The Bertz CT molecular complexity index is 360. The first-order valence-corrected chi connectivity index (χ1v) is 9.14. The molecule has 0 saturated heterocycles. The van der Waals surface area contributed by atoms with Crippen molar-refractivity contribution in [3.63, 3.8) is 0 Å². The van der Waals surface area contributed by atoms with Gasteiger partial charge in [0.25, 0.3) is 0 Å². The van der Waals surface area contributed by atoms with Gasteiger partial charge in [0.05, 0.1) is 0 Å². The van der Waals surface area contributed by atoms with E-state index in [1.165, 1.54) is 0 Å². The quantitative estimate of drug-likeness (QED) is 0.0825. The number of hydrogen-bond donors (Lipinski definition) is 6. The molecule has 0 aromatic carbocycles. The van der Waals surface area contributed by atoms with Gasteiger partial charge in [0.15, 0.2) is 0 Å². The summed E-state index contributed by atoms with van der Waals surface area (Å²) >= 11 is 33.7. The van der Waals surface area contributed by atoms with E-state index in [0.717, 1.165) is 0 Å². The van der Waals surface area contributed by atoms with Crippen molar-refractivity contribution in [2.24, 2.45) is 22.9 Å². The summed E-state index contributed by atoms with van der Waals surface area (Å²) in [4.78, 5) is 0. The van der Waals surface area contributed by atoms with Crippen LogP contribution >= 0.6 is 48.9 Å². The molecule has 9 nitrogen and oxygen atoms in total. The van der Waals surface area contributed by atoms with Crippen LogP contribution in [0.5, 0.6) is 0 Å². The van der Waals surface area contributed by atoms with Crippen molar-refractivity contribution < 1.29 is 40.7 Å². The third-order valence-corrected chi connectivity index (χ3v) is 0. The van der Waals surface area contributed by atoms with Crippen LogP contribution in [-0.4, -0.2) is 34.8 Å². The molecule has 0 aliphatic rings. The van der Waals surface area contributed by atoms with E-state index in [1.807, 2.05) is 0 Å². The molecular formula is C4H10MoN4O5S9. The average Bonchev–Trinajstić information content (AvgIpc) is 2.12. The minimum absolute atomic E-state index is 0.0833. The van der Waals surface area contributed by atoms with Crippen LogP contribution in [0.1, 0.15) is 0 Å². The van der Waals surface area contributed by atoms with Crippen molar-refractivity contribution in [3.05, 3.63) is 0 Å². The summed E-state index contributed by atoms with van der Waals surface area (Å²) in [5.74, 6) is 0. The van der Waals surface area contributed by atoms with Crippen molar-refractivity contribution in [2.75, 3.05) is 0 Å². The standard InChI is InChI=1S/4CH3NS2.Mo.H2O4S.O/c4*2-1(3)4;;1-5(2,3)4;/h4*(H3,2,3,4);;(H2,1,2,3,4);/q;;;;+4;;/p-4. The molecule has 0 radical (unpaired) electrons. The number of hydrogen-bond acceptors (Lipinski definition) is 11. The number of nitrogens with two attached hydrogens (primary N) is 4. The summed E-state index contributed by atoms with van der Waals surface area (Å²) in [6.45, 7) is 0. The van der Waals surface area contributed by atoms with E-state index >= 15 is 0 Å². The molecule has 0 rings (SSSR count). The Labute approximate surface area is 188 Å². The third-order valence-electron chi connectivity index (χ3n) is 0. The van der Waals surface area contributed by atoms with Gasteiger partial charge in [0, 0.05) is 0 Å². The molecule has 0 aromatic heterocycles. The van der Waals surface area contributed by atoms with E-state index in [0.29, 0.717) is 19.8 Å². The number of thiocarbonyl (C=S) groups is 4. The van der Waals surface area contributed by atoms with E-state index in [-0.39, 0.29) is 17.3 Å². The van der Waals surface area contributed by atoms with Crippen molar-refractivity contribution >= 4 is 127 Å². The van der Waals surface area contributed by atoms with Crippen LogP contribution in [-0.2, 0) is 84.1 Å². The predicted molar refractivity (Wildman–Crippen MR) is 111 cm³/mol. The summed E-state index contributed by atoms with van der Waals surface area (Å²) in [6.07, 6.45) is 0. The second kappa shape index (κ2) is 30.7. The van der Waals surface area contributed by atoms with Crippen LogP contribution < -0.4 is 22.9 Å². The Balaban J connectivity index is -0.0000000383. The van der Waals surface area contributed by atoms with E-state index < -0.39 is 10.4 Å². The van der Waals surface area contributed by atoms with Gasteiger partial charge < -0.3 is 122 Å². The fourth-order valence-electron chi connectivity index (χ4n) is 0. The fraction of sp³-hybridized carbons (Fsp3) is 0. The first kappa shape index (κ1) is 39.0. The van der Waals surface area contributed by atoms with Gasteiger partial charge in [0.2, 0.25) is 0 Å². The second-order valence-electron chi connectivity index (χ2n) is 1.72. The molecule has 0 amide bonds. The Kier molecular flexibility index (Phi) is 52.0. The van der Waals surface area contributed by atoms with Crippen molar-refractivity contribution in [2.45, 2.75) is 0 Å². The fourth-order valence-corrected chi connectivity index (χ4v) is 0. The Morgan fingerprint density at radius 3 is 0.696 bits per heavy atom. The minimum atomic E-state index is -4.67. The Hall–Kier alpha value is 0.798. The molecule has 0 saturated carbocycles. The molecule has 0 atom stereocenters. The first-order valence-electron chi connectivity index (χ1n) is 3.65. The molecule has 136 valence electrons. The predicted octanol–water partition coefficient (Wildman–Crippen LogP) is -1.67. The van der Waals surface area contributed by atoms with Crippen LogP contribution in [0.15, 0.2) is 0 Å². The van der Waals surface area contributed by atoms with E-state index in [9.17, 15) is 0 Å². The van der Waals surface area contributed by atoms with Gasteiger partial charge in [-0.25, -0.2) is 0 Å². The van der Waals surface area contributed by atoms with Crippen LogP contribution in [0.25, 0.3) is 0 Å². The van der Waals surface area contributed by atoms with Gasteiger partial charge in [-0.15, -0.1) is 0 Å². The van der Waals surface area contributed by atoms with Gasteiger partial charge in [-0.3, -0.25) is 9.11 Å². The van der Waals surface area contributed by atoms with Crippen LogP contribution in [0.2, 0.25) is 0 Å². The van der Waals surface area contributed by atoms with Crippen LogP contribution in [0.4, 0.5) is 0 Å². The molecule has 0 aromatic rings. The monoisotopic (exact) mass is 580 g/mol. The molecule has 0 heterocycles. The normalized spacial score (nSPS) is 6.96. The summed E-state index contributed by atoms with van der Waals surface area (Å²) in [6, 6.07) is 0. The Morgan fingerprint density at radius 2 is 0.696 bits per heavy atom. The summed E-state index contributed by atoms with van der Waals surface area (Å²) in [7, 11) is -4.67. The molecule has 23 heavy (non-hydrogen) atoms. The zero-order chi connectivity index (χ0) is 20.8. The van der Waals surface area contributed by atoms with E-state index in [4.69, 9.17) is 20.9 Å². The topological polar surface area (TPSA) is 196 Å². The van der Waals surface area contributed by atoms with Gasteiger partial charge in [-0.1, -0.05) is 17.3 Å². The maximum atomic E-state index is 8.74. The summed E-state index contributed by atoms with van der Waals surface area (Å²) < 4.78 is 40.2. The molecule has 0 aliphatic carbocycles. The van der Waals surface area contributed by atoms with E-state index in [2.05, 4.69) is 122 Å². The maximum absolute atomic E-state index is 8.74. The molecule has 10 N–H and O–H groups in total. The van der Waals surface area contributed by atoms with Crippen LogP contribution in [0, 0.1) is 0 Å². The zero-order valence-corrected chi connectivity index (χ0v) is 19.9. The van der Waals surface area contributed by atoms with Gasteiger partial charge in [-0.05, 0) is 0 Å². The van der Waals surface area contributed by atoms with Crippen molar-refractivity contribution in [1.82, 2.24) is 0 Å². The molecule has 0 aliphatic heterocycles. The molecule has 0 spiro atoms. The van der Waals surface area contributed by atoms with Crippen molar-refractivity contribution in [3.8, 4) is 0 Å². The van der Waals surface area contributed by atoms with Gasteiger partial charge in [0.1, 0.15) is 0 Å². The molecule has 0 fully saturated rings. The average molecular weight is 579 g/mol. The molecule has 0 bridgehead atoms. The molecule has 19 heteroatoms. The first-order chi connectivity index (χ1) is 9.93. The molecule has 0 unspecified atom stereocenters. The summed E-state index contributed by atoms with van der Waals surface area (Å²) in [5.41, 5.74) is 18.6. The summed E-state index contributed by atoms with van der Waals surface area (Å²) in [5, 5.41) is 0.